The lowest BCUT2D eigenvalue weighted by molar-refractivity contribution is 0.0761. The molecule has 2 fully saturated rings. The second-order valence-corrected chi connectivity index (χ2v) is 8.60. The summed E-state index contributed by atoms with van der Waals surface area (Å²) in [6.07, 6.45) is 3.71. The first-order valence-corrected chi connectivity index (χ1v) is 10.2. The predicted octanol–water partition coefficient (Wildman–Crippen LogP) is 2.80. The lowest BCUT2D eigenvalue weighted by Gasteiger charge is -2.33. The summed E-state index contributed by atoms with van der Waals surface area (Å²) in [5.74, 6) is 2.77. The van der Waals surface area contributed by atoms with E-state index < -0.39 is 0 Å². The summed E-state index contributed by atoms with van der Waals surface area (Å²) in [5, 5.41) is 0.983. The Labute approximate surface area is 141 Å². The van der Waals surface area contributed by atoms with Crippen LogP contribution in [0.3, 0.4) is 0 Å². The van der Waals surface area contributed by atoms with E-state index in [0.717, 1.165) is 54.2 Å². The summed E-state index contributed by atoms with van der Waals surface area (Å²) >= 11 is 3.61. The molecule has 6 heteroatoms. The molecule has 0 saturated carbocycles. The fourth-order valence-electron chi connectivity index (χ4n) is 3.43. The number of thioether (sulfide) groups is 1. The smallest absolute Gasteiger partial charge is 0.265 e. The third-order valence-electron chi connectivity index (χ3n) is 4.62. The minimum absolute atomic E-state index is 0.184. The van der Waals surface area contributed by atoms with Gasteiger partial charge in [-0.1, -0.05) is 0 Å². The van der Waals surface area contributed by atoms with Gasteiger partial charge in [0.15, 0.2) is 0 Å². The molecule has 3 heterocycles. The van der Waals surface area contributed by atoms with Crippen LogP contribution in [0, 0.1) is 13.8 Å². The average molecular weight is 340 g/mol. The zero-order valence-electron chi connectivity index (χ0n) is 13.5. The van der Waals surface area contributed by atoms with Crippen molar-refractivity contribution in [1.29, 1.82) is 0 Å². The van der Waals surface area contributed by atoms with Crippen molar-refractivity contribution in [1.82, 2.24) is 14.8 Å². The third-order valence-corrected chi connectivity index (χ3v) is 6.73. The van der Waals surface area contributed by atoms with Crippen molar-refractivity contribution in [3.8, 4) is 0 Å². The molecule has 0 aliphatic carbocycles. The Balaban J connectivity index is 1.62. The van der Waals surface area contributed by atoms with E-state index in [4.69, 9.17) is 0 Å². The van der Waals surface area contributed by atoms with Gasteiger partial charge < -0.3 is 4.90 Å². The van der Waals surface area contributed by atoms with Crippen molar-refractivity contribution in [3.05, 3.63) is 15.6 Å². The largest absolute Gasteiger partial charge is 0.337 e. The second-order valence-electron chi connectivity index (χ2n) is 6.17. The van der Waals surface area contributed by atoms with Gasteiger partial charge >= 0.3 is 0 Å². The molecule has 1 aromatic rings. The van der Waals surface area contributed by atoms with E-state index >= 15 is 0 Å². The van der Waals surface area contributed by atoms with E-state index in [1.54, 1.807) is 0 Å². The summed E-state index contributed by atoms with van der Waals surface area (Å²) in [6, 6.07) is 0.740. The monoisotopic (exact) mass is 339 g/mol. The van der Waals surface area contributed by atoms with Gasteiger partial charge in [-0.15, -0.1) is 11.3 Å². The number of rotatable bonds is 2. The van der Waals surface area contributed by atoms with Crippen molar-refractivity contribution in [2.75, 3.05) is 37.7 Å². The molecule has 3 rings (SSSR count). The first-order valence-electron chi connectivity index (χ1n) is 8.20. The predicted molar refractivity (Wildman–Crippen MR) is 94.0 cm³/mol. The minimum atomic E-state index is 0.184. The van der Waals surface area contributed by atoms with Crippen molar-refractivity contribution in [2.45, 2.75) is 39.2 Å². The highest BCUT2D eigenvalue weighted by Crippen LogP contribution is 2.24. The Morgan fingerprint density at radius 3 is 2.59 bits per heavy atom. The summed E-state index contributed by atoms with van der Waals surface area (Å²) in [6.45, 7) is 7.82. The van der Waals surface area contributed by atoms with Crippen LogP contribution in [0.5, 0.6) is 0 Å². The van der Waals surface area contributed by atoms with Crippen LogP contribution >= 0.6 is 23.1 Å². The molecule has 2 aliphatic heterocycles. The van der Waals surface area contributed by atoms with Crippen LogP contribution < -0.4 is 0 Å². The molecule has 0 spiro atoms. The molecule has 0 atom stereocenters. The van der Waals surface area contributed by atoms with Crippen LogP contribution in [0.15, 0.2) is 0 Å². The van der Waals surface area contributed by atoms with Gasteiger partial charge in [0.05, 0.1) is 10.7 Å². The van der Waals surface area contributed by atoms with Gasteiger partial charge in [0.2, 0.25) is 0 Å². The minimum Gasteiger partial charge on any atom is -0.337 e. The molecular formula is C16H25N3OS2. The molecular weight excluding hydrogens is 314 g/mol. The van der Waals surface area contributed by atoms with E-state index in [0.29, 0.717) is 0 Å². The van der Waals surface area contributed by atoms with Crippen molar-refractivity contribution in [2.24, 2.45) is 0 Å². The Bertz CT molecular complexity index is 525. The first kappa shape index (κ1) is 16.3. The average Bonchev–Trinajstić information content (AvgIpc) is 2.74. The molecule has 0 N–H and O–H groups in total. The fraction of sp³-hybridized carbons (Fsp3) is 0.750. The number of amides is 1. The molecule has 2 aliphatic rings. The van der Waals surface area contributed by atoms with Gasteiger partial charge in [0, 0.05) is 32.2 Å². The van der Waals surface area contributed by atoms with E-state index in [2.05, 4.69) is 21.6 Å². The molecule has 22 heavy (non-hydrogen) atoms. The number of thiazole rings is 1. The van der Waals surface area contributed by atoms with E-state index in [9.17, 15) is 4.79 Å². The number of carbonyl (C=O) groups excluding carboxylic acids is 1. The highest BCUT2D eigenvalue weighted by atomic mass is 32.2. The normalized spacial score (nSPS) is 21.8. The van der Waals surface area contributed by atoms with Gasteiger partial charge in [0.1, 0.15) is 4.88 Å². The molecule has 2 saturated heterocycles. The summed E-state index contributed by atoms with van der Waals surface area (Å²) in [5.41, 5.74) is 0.887. The highest BCUT2D eigenvalue weighted by molar-refractivity contribution is 7.99. The van der Waals surface area contributed by atoms with Crippen molar-refractivity contribution >= 4 is 29.0 Å². The van der Waals surface area contributed by atoms with Crippen molar-refractivity contribution in [3.63, 3.8) is 0 Å². The number of nitrogens with zero attached hydrogens (tertiary/aromatic N) is 3. The van der Waals surface area contributed by atoms with Gasteiger partial charge in [-0.25, -0.2) is 4.98 Å². The molecule has 1 amide bonds. The maximum atomic E-state index is 12.7. The molecule has 0 aromatic carbocycles. The lowest BCUT2D eigenvalue weighted by atomic mass is 10.1. The standard InChI is InChI=1S/C16H25N3OS2/c1-12-15(22-13(2)17-12)16(20)19-7-3-6-18(8-9-19)14-4-10-21-11-5-14/h14H,3-11H2,1-2H3. The third kappa shape index (κ3) is 3.66. The lowest BCUT2D eigenvalue weighted by Crippen LogP contribution is -2.41. The van der Waals surface area contributed by atoms with Crippen LogP contribution in [0.1, 0.15) is 39.6 Å². The molecule has 122 valence electrons. The number of aromatic nitrogens is 1. The first-order chi connectivity index (χ1) is 10.6. The Morgan fingerprint density at radius 2 is 1.91 bits per heavy atom. The zero-order valence-corrected chi connectivity index (χ0v) is 15.1. The Kier molecular flexibility index (Phi) is 5.42. The summed E-state index contributed by atoms with van der Waals surface area (Å²) in [7, 11) is 0. The Morgan fingerprint density at radius 1 is 1.14 bits per heavy atom. The summed E-state index contributed by atoms with van der Waals surface area (Å²) in [4.78, 5) is 22.6. The number of hydrogen-bond acceptors (Lipinski definition) is 5. The van der Waals surface area contributed by atoms with E-state index in [-0.39, 0.29) is 5.91 Å². The summed E-state index contributed by atoms with van der Waals surface area (Å²) < 4.78 is 0. The van der Waals surface area contributed by atoms with E-state index in [1.165, 1.54) is 35.7 Å². The zero-order chi connectivity index (χ0) is 15.5. The van der Waals surface area contributed by atoms with Gasteiger partial charge in [-0.3, -0.25) is 9.69 Å². The maximum absolute atomic E-state index is 12.7. The molecule has 0 radical (unpaired) electrons. The molecule has 1 aromatic heterocycles. The van der Waals surface area contributed by atoms with Gasteiger partial charge in [-0.2, -0.15) is 11.8 Å². The van der Waals surface area contributed by atoms with Crippen LogP contribution in [0.4, 0.5) is 0 Å². The number of carbonyl (C=O) groups is 1. The van der Waals surface area contributed by atoms with E-state index in [1.807, 2.05) is 18.7 Å². The number of hydrogen-bond donors (Lipinski definition) is 0. The van der Waals surface area contributed by atoms with Crippen LogP contribution in [-0.2, 0) is 0 Å². The van der Waals surface area contributed by atoms with Crippen LogP contribution in [-0.4, -0.2) is 64.4 Å². The molecule has 0 bridgehead atoms. The molecule has 4 nitrogen and oxygen atoms in total. The van der Waals surface area contributed by atoms with Gasteiger partial charge in [0.25, 0.3) is 5.91 Å². The van der Waals surface area contributed by atoms with Crippen LogP contribution in [0.25, 0.3) is 0 Å². The SMILES string of the molecule is Cc1nc(C)c(C(=O)N2CCCN(C3CCSCC3)CC2)s1. The molecule has 0 unspecified atom stereocenters. The van der Waals surface area contributed by atoms with Crippen molar-refractivity contribution < 1.29 is 4.79 Å². The fourth-order valence-corrected chi connectivity index (χ4v) is 5.40. The number of aryl methyl sites for hydroxylation is 2. The van der Waals surface area contributed by atoms with Crippen LogP contribution in [0.2, 0.25) is 0 Å². The second kappa shape index (κ2) is 7.32. The highest BCUT2D eigenvalue weighted by Gasteiger charge is 2.27. The van der Waals surface area contributed by atoms with Gasteiger partial charge in [-0.05, 0) is 44.6 Å². The quantitative estimate of drug-likeness (QED) is 0.830. The maximum Gasteiger partial charge on any atom is 0.265 e. The topological polar surface area (TPSA) is 36.4 Å². The Hall–Kier alpha value is -0.590.